The summed E-state index contributed by atoms with van der Waals surface area (Å²) in [6.07, 6.45) is 0. The summed E-state index contributed by atoms with van der Waals surface area (Å²) in [7, 11) is 0. The molecule has 0 saturated heterocycles. The second-order valence-corrected chi connectivity index (χ2v) is 7.68. The summed E-state index contributed by atoms with van der Waals surface area (Å²) in [5.74, 6) is -1.50. The Labute approximate surface area is 202 Å². The van der Waals surface area contributed by atoms with Crippen LogP contribution >= 0.6 is 0 Å². The van der Waals surface area contributed by atoms with E-state index in [0.717, 1.165) is 0 Å². The summed E-state index contributed by atoms with van der Waals surface area (Å²) in [5, 5.41) is 16.3. The summed E-state index contributed by atoms with van der Waals surface area (Å²) in [6, 6.07) is 9.41. The molecule has 0 spiro atoms. The largest absolute Gasteiger partial charge is 0.494 e. The second-order valence-electron chi connectivity index (χ2n) is 7.68. The molecule has 0 heterocycles. The number of benzene rings is 2. The monoisotopic (exact) mass is 487 g/mol. The van der Waals surface area contributed by atoms with Gasteiger partial charge < -0.3 is 24.8 Å². The average molecular weight is 488 g/mol. The maximum Gasteiger partial charge on any atom is 0.329 e. The molecule has 0 aliphatic rings. The predicted octanol–water partition coefficient (Wildman–Crippen LogP) is 3.33. The minimum absolute atomic E-state index is 0.0660. The van der Waals surface area contributed by atoms with Crippen LogP contribution in [0.4, 0.5) is 11.4 Å². The number of carbonyl (C=O) groups is 3. The molecule has 0 fully saturated rings. The van der Waals surface area contributed by atoms with E-state index in [4.69, 9.17) is 14.2 Å². The van der Waals surface area contributed by atoms with E-state index < -0.39 is 35.4 Å². The zero-order valence-corrected chi connectivity index (χ0v) is 20.0. The second kappa shape index (κ2) is 12.9. The number of rotatable bonds is 12. The van der Waals surface area contributed by atoms with Gasteiger partial charge in [0.05, 0.1) is 24.2 Å². The van der Waals surface area contributed by atoms with E-state index >= 15 is 0 Å². The van der Waals surface area contributed by atoms with Gasteiger partial charge in [0.2, 0.25) is 0 Å². The van der Waals surface area contributed by atoms with E-state index in [0.29, 0.717) is 24.5 Å². The van der Waals surface area contributed by atoms with Crippen molar-refractivity contribution in [3.63, 3.8) is 0 Å². The Kier molecular flexibility index (Phi) is 10.0. The van der Waals surface area contributed by atoms with Gasteiger partial charge in [-0.1, -0.05) is 13.8 Å². The third-order valence-corrected chi connectivity index (χ3v) is 4.73. The van der Waals surface area contributed by atoms with Crippen molar-refractivity contribution in [2.75, 3.05) is 25.1 Å². The Morgan fingerprint density at radius 1 is 0.971 bits per heavy atom. The quantitative estimate of drug-likeness (QED) is 0.263. The normalized spacial score (nSPS) is 11.3. The van der Waals surface area contributed by atoms with E-state index in [9.17, 15) is 24.5 Å². The van der Waals surface area contributed by atoms with E-state index in [2.05, 4.69) is 10.6 Å². The first-order valence-electron chi connectivity index (χ1n) is 11.1. The number of carbonyl (C=O) groups excluding carboxylic acids is 3. The maximum atomic E-state index is 12.6. The highest BCUT2D eigenvalue weighted by atomic mass is 16.6. The van der Waals surface area contributed by atoms with E-state index in [-0.39, 0.29) is 23.0 Å². The molecule has 2 N–H and O–H groups in total. The van der Waals surface area contributed by atoms with Crippen LogP contribution in [-0.4, -0.2) is 48.6 Å². The molecule has 11 nitrogen and oxygen atoms in total. The lowest BCUT2D eigenvalue weighted by Gasteiger charge is -2.21. The van der Waals surface area contributed by atoms with Crippen molar-refractivity contribution in [3.8, 4) is 11.5 Å². The number of esters is 1. The van der Waals surface area contributed by atoms with Crippen LogP contribution in [-0.2, 0) is 14.3 Å². The zero-order chi connectivity index (χ0) is 26.0. The zero-order valence-electron chi connectivity index (χ0n) is 20.0. The van der Waals surface area contributed by atoms with Crippen molar-refractivity contribution in [3.05, 3.63) is 58.1 Å². The van der Waals surface area contributed by atoms with Crippen molar-refractivity contribution in [2.45, 2.75) is 33.7 Å². The van der Waals surface area contributed by atoms with Crippen molar-refractivity contribution in [1.29, 1.82) is 0 Å². The van der Waals surface area contributed by atoms with Gasteiger partial charge in [0.15, 0.2) is 6.61 Å². The van der Waals surface area contributed by atoms with Crippen LogP contribution in [0, 0.1) is 16.0 Å². The van der Waals surface area contributed by atoms with Gasteiger partial charge in [0, 0.05) is 5.56 Å². The van der Waals surface area contributed by atoms with Gasteiger partial charge in [-0.2, -0.15) is 0 Å². The fourth-order valence-corrected chi connectivity index (χ4v) is 3.03. The third-order valence-electron chi connectivity index (χ3n) is 4.73. The van der Waals surface area contributed by atoms with E-state index in [1.165, 1.54) is 18.2 Å². The van der Waals surface area contributed by atoms with Crippen molar-refractivity contribution in [2.24, 2.45) is 5.92 Å². The van der Waals surface area contributed by atoms with Crippen molar-refractivity contribution in [1.82, 2.24) is 5.32 Å². The number of nitro groups is 1. The molecular formula is C24H29N3O8. The van der Waals surface area contributed by atoms with Gasteiger partial charge in [-0.05, 0) is 56.2 Å². The molecule has 2 aromatic carbocycles. The smallest absolute Gasteiger partial charge is 0.329 e. The minimum Gasteiger partial charge on any atom is -0.494 e. The molecule has 0 radical (unpaired) electrons. The first kappa shape index (κ1) is 27.1. The Morgan fingerprint density at radius 2 is 1.57 bits per heavy atom. The molecule has 1 atom stereocenters. The van der Waals surface area contributed by atoms with Gasteiger partial charge >= 0.3 is 5.97 Å². The van der Waals surface area contributed by atoms with Gasteiger partial charge in [0.1, 0.15) is 23.2 Å². The number of nitrogens with zero attached hydrogens (tertiary/aromatic N) is 1. The molecule has 35 heavy (non-hydrogen) atoms. The van der Waals surface area contributed by atoms with E-state index in [1.807, 2.05) is 6.92 Å². The Morgan fingerprint density at radius 3 is 2.14 bits per heavy atom. The van der Waals surface area contributed by atoms with Crippen LogP contribution in [0.5, 0.6) is 11.5 Å². The third kappa shape index (κ3) is 7.98. The predicted molar refractivity (Wildman–Crippen MR) is 128 cm³/mol. The fourth-order valence-electron chi connectivity index (χ4n) is 3.03. The van der Waals surface area contributed by atoms with Crippen LogP contribution in [0.25, 0.3) is 0 Å². The van der Waals surface area contributed by atoms with Crippen molar-refractivity contribution < 1.29 is 33.5 Å². The lowest BCUT2D eigenvalue weighted by molar-refractivity contribution is -0.384. The Hall–Kier alpha value is -4.15. The fraction of sp³-hybridized carbons (Fsp3) is 0.375. The molecule has 0 aliphatic heterocycles. The molecule has 0 aliphatic carbocycles. The first-order valence-corrected chi connectivity index (χ1v) is 11.1. The Balaban J connectivity index is 1.99. The average Bonchev–Trinajstić information content (AvgIpc) is 2.82. The van der Waals surface area contributed by atoms with Gasteiger partial charge in [0.25, 0.3) is 17.5 Å². The van der Waals surface area contributed by atoms with Crippen LogP contribution in [0.3, 0.4) is 0 Å². The molecule has 2 aromatic rings. The molecule has 11 heteroatoms. The van der Waals surface area contributed by atoms with Gasteiger partial charge in [-0.25, -0.2) is 4.79 Å². The van der Waals surface area contributed by atoms with Gasteiger partial charge in [-0.3, -0.25) is 19.7 Å². The van der Waals surface area contributed by atoms with Crippen LogP contribution in [0.1, 0.15) is 38.1 Å². The first-order chi connectivity index (χ1) is 16.7. The van der Waals surface area contributed by atoms with Crippen LogP contribution in [0.2, 0.25) is 0 Å². The van der Waals surface area contributed by atoms with Crippen molar-refractivity contribution >= 4 is 29.2 Å². The number of anilines is 1. The SMILES string of the molecule is CCOc1ccc(C(=O)NC(C(=O)OCC(=O)Nc2ccc(OCC)cc2[N+](=O)[O-])C(C)C)cc1. The summed E-state index contributed by atoms with van der Waals surface area (Å²) in [5.41, 5.74) is -0.102. The summed E-state index contributed by atoms with van der Waals surface area (Å²) in [6.45, 7) is 7.14. The number of nitro benzene ring substituents is 1. The topological polar surface area (TPSA) is 146 Å². The number of hydrogen-bond donors (Lipinski definition) is 2. The maximum absolute atomic E-state index is 12.6. The number of nitrogens with one attached hydrogen (secondary N) is 2. The molecule has 1 unspecified atom stereocenters. The van der Waals surface area contributed by atoms with Gasteiger partial charge in [-0.15, -0.1) is 0 Å². The highest BCUT2D eigenvalue weighted by molar-refractivity contribution is 5.98. The van der Waals surface area contributed by atoms with Crippen LogP contribution < -0.4 is 20.1 Å². The lowest BCUT2D eigenvalue weighted by atomic mass is 10.0. The molecule has 0 aromatic heterocycles. The molecule has 188 valence electrons. The highest BCUT2D eigenvalue weighted by Crippen LogP contribution is 2.29. The lowest BCUT2D eigenvalue weighted by Crippen LogP contribution is -2.45. The summed E-state index contributed by atoms with van der Waals surface area (Å²) >= 11 is 0. The highest BCUT2D eigenvalue weighted by Gasteiger charge is 2.27. The molecule has 0 saturated carbocycles. The standard InChI is InChI=1S/C24H29N3O8/c1-5-33-17-9-7-16(8-10-17)23(29)26-22(15(3)4)24(30)35-14-21(28)25-19-12-11-18(34-6-2)13-20(19)27(31)32/h7-13,15,22H,5-6,14H2,1-4H3,(H,25,28)(H,26,29). The summed E-state index contributed by atoms with van der Waals surface area (Å²) < 4.78 is 15.7. The molecule has 2 amide bonds. The molecule has 0 bridgehead atoms. The summed E-state index contributed by atoms with van der Waals surface area (Å²) in [4.78, 5) is 48.1. The number of hydrogen-bond acceptors (Lipinski definition) is 8. The van der Waals surface area contributed by atoms with Crippen LogP contribution in [0.15, 0.2) is 42.5 Å². The minimum atomic E-state index is -1.01. The van der Waals surface area contributed by atoms with E-state index in [1.54, 1.807) is 45.0 Å². The molecular weight excluding hydrogens is 458 g/mol. The number of amides is 2. The molecule has 2 rings (SSSR count). The number of ether oxygens (including phenoxy) is 3. The Bertz CT molecular complexity index is 1050.